The van der Waals surface area contributed by atoms with Gasteiger partial charge in [0.15, 0.2) is 24.8 Å². The third-order valence-electron chi connectivity index (χ3n) is 7.83. The van der Waals surface area contributed by atoms with E-state index < -0.39 is 23.5 Å². The van der Waals surface area contributed by atoms with Crippen molar-refractivity contribution in [3.05, 3.63) is 120 Å². The molecule has 0 saturated heterocycles. The minimum Gasteiger partial charge on any atom is -1.00 e. The molecule has 0 atom stereocenters. The fourth-order valence-corrected chi connectivity index (χ4v) is 5.06. The van der Waals surface area contributed by atoms with E-state index in [1.54, 1.807) is 24.3 Å². The maximum atomic E-state index is 12.7. The van der Waals surface area contributed by atoms with Crippen LogP contribution in [0.3, 0.4) is 0 Å². The Labute approximate surface area is 308 Å². The lowest BCUT2D eigenvalue weighted by Crippen LogP contribution is -3.00. The number of benzene rings is 2. The Bertz CT molecular complexity index is 1490. The predicted molar refractivity (Wildman–Crippen MR) is 169 cm³/mol. The van der Waals surface area contributed by atoms with Crippen molar-refractivity contribution < 1.29 is 79.0 Å². The number of aromatic nitrogens is 2. The van der Waals surface area contributed by atoms with Crippen LogP contribution >= 0.6 is 0 Å². The van der Waals surface area contributed by atoms with Gasteiger partial charge in [-0.1, -0.05) is 25.7 Å². The highest BCUT2D eigenvalue weighted by atomic mass is 79.9. The van der Waals surface area contributed by atoms with Gasteiger partial charge in [-0.15, -0.1) is 0 Å². The molecule has 14 heteroatoms. The van der Waals surface area contributed by atoms with Crippen LogP contribution in [0, 0.1) is 0 Å². The van der Waals surface area contributed by atoms with E-state index in [-0.39, 0.29) is 45.8 Å². The number of hydrogen-bond donors (Lipinski definition) is 2. The number of nitrogens with one attached hydrogen (secondary N) is 2. The highest BCUT2D eigenvalue weighted by Crippen LogP contribution is 2.31. The zero-order valence-electron chi connectivity index (χ0n) is 27.0. The molecule has 2 N–H and O–H groups in total. The summed E-state index contributed by atoms with van der Waals surface area (Å²) in [5, 5.41) is 5.23. The first-order chi connectivity index (χ1) is 22.9. The topological polar surface area (TPSA) is 66.0 Å². The second-order valence-corrected chi connectivity index (χ2v) is 11.5. The maximum absolute atomic E-state index is 12.7. The quantitative estimate of drug-likeness (QED) is 0.110. The van der Waals surface area contributed by atoms with Crippen molar-refractivity contribution in [3.8, 4) is 0 Å². The smallest absolute Gasteiger partial charge is 0.416 e. The Kier molecular flexibility index (Phi) is 17.1. The van der Waals surface area contributed by atoms with Gasteiger partial charge in [-0.25, -0.2) is 9.13 Å². The summed E-state index contributed by atoms with van der Waals surface area (Å²) in [4.78, 5) is 24.9. The van der Waals surface area contributed by atoms with Crippen molar-refractivity contribution in [1.82, 2.24) is 0 Å². The van der Waals surface area contributed by atoms with E-state index in [0.717, 1.165) is 88.7 Å². The average Bonchev–Trinajstić information content (AvgIpc) is 3.06. The highest BCUT2D eigenvalue weighted by Gasteiger charge is 2.30. The number of pyridine rings is 2. The molecule has 50 heavy (non-hydrogen) atoms. The highest BCUT2D eigenvalue weighted by molar-refractivity contribution is 6.04. The van der Waals surface area contributed by atoms with Crippen molar-refractivity contribution in [1.29, 1.82) is 0 Å². The SMILES string of the molecule is O=C(Nc1ccc(C(F)(F)F)cc1)c1cc[n+](CCCCCCCCCC[n+]2ccc(C(=O)Nc3ccc(C(F)(F)F)cc3)cc2)cc1.[Br-].[Br-]. The second-order valence-electron chi connectivity index (χ2n) is 11.5. The van der Waals surface area contributed by atoms with E-state index in [4.69, 9.17) is 0 Å². The number of anilines is 2. The first-order valence-corrected chi connectivity index (χ1v) is 15.8. The number of unbranched alkanes of at least 4 members (excludes halogenated alkanes) is 7. The van der Waals surface area contributed by atoms with Crippen LogP contribution in [-0.4, -0.2) is 11.8 Å². The number of aryl methyl sites for hydroxylation is 2. The molecule has 0 fully saturated rings. The number of carbonyl (C=O) groups is 2. The fraction of sp³-hybridized carbons (Fsp3) is 0.333. The van der Waals surface area contributed by atoms with Gasteiger partial charge in [0.1, 0.15) is 13.1 Å². The summed E-state index contributed by atoms with van der Waals surface area (Å²) >= 11 is 0. The number of carbonyl (C=O) groups excluding carboxylic acids is 2. The Morgan fingerprint density at radius 2 is 0.740 bits per heavy atom. The zero-order valence-corrected chi connectivity index (χ0v) is 30.2. The van der Waals surface area contributed by atoms with Crippen LogP contribution in [0.4, 0.5) is 37.7 Å². The molecule has 270 valence electrons. The van der Waals surface area contributed by atoms with Crippen LogP contribution in [0.15, 0.2) is 97.6 Å². The van der Waals surface area contributed by atoms with Gasteiger partial charge in [-0.3, -0.25) is 9.59 Å². The first-order valence-electron chi connectivity index (χ1n) is 15.8. The molecule has 6 nitrogen and oxygen atoms in total. The van der Waals surface area contributed by atoms with Crippen LogP contribution in [0.2, 0.25) is 0 Å². The maximum Gasteiger partial charge on any atom is 0.416 e. The molecule has 4 aromatic rings. The number of amides is 2. The van der Waals surface area contributed by atoms with Crippen LogP contribution in [0.5, 0.6) is 0 Å². The van der Waals surface area contributed by atoms with Gasteiger partial charge in [-0.05, 0) is 61.4 Å². The van der Waals surface area contributed by atoms with E-state index in [9.17, 15) is 35.9 Å². The van der Waals surface area contributed by atoms with Gasteiger partial charge in [0.2, 0.25) is 0 Å². The second kappa shape index (κ2) is 20.2. The molecule has 2 aromatic carbocycles. The summed E-state index contributed by atoms with van der Waals surface area (Å²) in [6.07, 6.45) is 7.25. The molecular formula is C36H38Br2F6N4O2. The average molecular weight is 833 g/mol. The predicted octanol–water partition coefficient (Wildman–Crippen LogP) is 2.63. The van der Waals surface area contributed by atoms with Gasteiger partial charge in [0.05, 0.1) is 22.3 Å². The molecule has 0 aliphatic carbocycles. The minimum atomic E-state index is -4.42. The van der Waals surface area contributed by atoms with E-state index in [0.29, 0.717) is 22.5 Å². The lowest BCUT2D eigenvalue weighted by molar-refractivity contribution is -0.697. The van der Waals surface area contributed by atoms with Crippen molar-refractivity contribution in [2.75, 3.05) is 10.6 Å². The Morgan fingerprint density at radius 3 is 1.02 bits per heavy atom. The lowest BCUT2D eigenvalue weighted by atomic mass is 10.1. The summed E-state index contributed by atoms with van der Waals surface area (Å²) < 4.78 is 80.3. The largest absolute Gasteiger partial charge is 1.00 e. The zero-order chi connectivity index (χ0) is 34.6. The molecule has 0 aliphatic rings. The van der Waals surface area contributed by atoms with Crippen LogP contribution in [-0.2, 0) is 25.4 Å². The Hall–Kier alpha value is -3.78. The van der Waals surface area contributed by atoms with E-state index in [2.05, 4.69) is 10.6 Å². The minimum absolute atomic E-state index is 0. The molecule has 0 saturated carbocycles. The van der Waals surface area contributed by atoms with Gasteiger partial charge < -0.3 is 44.6 Å². The molecule has 0 radical (unpaired) electrons. The normalized spacial score (nSPS) is 11.2. The third-order valence-corrected chi connectivity index (χ3v) is 7.83. The molecule has 0 bridgehead atoms. The third kappa shape index (κ3) is 13.9. The number of alkyl halides is 6. The van der Waals surface area contributed by atoms with Gasteiger partial charge in [0, 0.05) is 48.5 Å². The molecule has 2 aromatic heterocycles. The lowest BCUT2D eigenvalue weighted by Gasteiger charge is -2.08. The molecule has 2 amide bonds. The van der Waals surface area contributed by atoms with E-state index in [1.807, 2.05) is 33.9 Å². The van der Waals surface area contributed by atoms with Gasteiger partial charge in [-0.2, -0.15) is 26.3 Å². The Balaban J connectivity index is 0.00000433. The molecule has 0 spiro atoms. The van der Waals surface area contributed by atoms with Crippen molar-refractivity contribution >= 4 is 23.2 Å². The van der Waals surface area contributed by atoms with Crippen LogP contribution in [0.1, 0.15) is 83.2 Å². The monoisotopic (exact) mass is 830 g/mol. The van der Waals surface area contributed by atoms with Gasteiger partial charge in [0.25, 0.3) is 11.8 Å². The standard InChI is InChI=1S/C36H36F6N4O2.2BrH/c37-35(38,39)29-9-13-31(14-10-29)43-33(47)27-17-23-45(24-18-27)21-7-5-3-1-2-4-6-8-22-46-25-19-28(20-26-46)34(48)44-32-15-11-30(12-16-32)36(40,41)42;;/h9-20,23-26H,1-8,21-22H2;2*1H. The number of halogens is 8. The van der Waals surface area contributed by atoms with Crippen LogP contribution < -0.4 is 53.7 Å². The number of hydrogen-bond acceptors (Lipinski definition) is 2. The van der Waals surface area contributed by atoms with Crippen molar-refractivity contribution in [2.45, 2.75) is 76.8 Å². The summed E-state index contributed by atoms with van der Waals surface area (Å²) in [5.74, 6) is -0.778. The first kappa shape index (κ1) is 42.4. The molecule has 0 aliphatic heterocycles. The molecule has 4 rings (SSSR count). The fourth-order valence-electron chi connectivity index (χ4n) is 5.06. The van der Waals surface area contributed by atoms with Gasteiger partial charge >= 0.3 is 12.4 Å². The van der Waals surface area contributed by atoms with E-state index >= 15 is 0 Å². The molecular weight excluding hydrogens is 794 g/mol. The molecule has 2 heterocycles. The van der Waals surface area contributed by atoms with Crippen LogP contribution in [0.25, 0.3) is 0 Å². The number of nitrogens with zero attached hydrogens (tertiary/aromatic N) is 2. The summed E-state index contributed by atoms with van der Waals surface area (Å²) in [7, 11) is 0. The van der Waals surface area contributed by atoms with E-state index in [1.165, 1.54) is 24.3 Å². The summed E-state index contributed by atoms with van der Waals surface area (Å²) in [6, 6.07) is 15.4. The van der Waals surface area contributed by atoms with Crippen molar-refractivity contribution in [2.24, 2.45) is 0 Å². The number of rotatable bonds is 15. The summed E-state index contributed by atoms with van der Waals surface area (Å²) in [5.41, 5.74) is -0.112. The summed E-state index contributed by atoms with van der Waals surface area (Å²) in [6.45, 7) is 1.65. The Morgan fingerprint density at radius 1 is 0.460 bits per heavy atom. The van der Waals surface area contributed by atoms with Crippen molar-refractivity contribution in [3.63, 3.8) is 0 Å². The molecule has 0 unspecified atom stereocenters.